The Kier molecular flexibility index (Phi) is 3.12. The van der Waals surface area contributed by atoms with Crippen molar-refractivity contribution in [2.24, 2.45) is 5.73 Å². The average molecular weight is 218 g/mol. The second-order valence-electron chi connectivity index (χ2n) is 3.21. The highest BCUT2D eigenvalue weighted by Crippen LogP contribution is 2.23. The fraction of sp³-hybridized carbons (Fsp3) is 0.0833. The summed E-state index contributed by atoms with van der Waals surface area (Å²) in [5, 5.41) is 0. The van der Waals surface area contributed by atoms with Crippen LogP contribution in [-0.2, 0) is 6.54 Å². The predicted octanol–water partition coefficient (Wildman–Crippen LogP) is 2.47. The molecular weight excluding hydrogens is 207 g/mol. The molecule has 3 nitrogen and oxygen atoms in total. The van der Waals surface area contributed by atoms with Gasteiger partial charge in [0.2, 0.25) is 0 Å². The molecule has 2 rings (SSSR count). The second kappa shape index (κ2) is 4.72. The Bertz CT molecular complexity index is 488. The van der Waals surface area contributed by atoms with Crippen LogP contribution in [0.25, 0.3) is 0 Å². The number of hydrogen-bond acceptors (Lipinski definition) is 3. The van der Waals surface area contributed by atoms with Crippen molar-refractivity contribution >= 4 is 0 Å². The van der Waals surface area contributed by atoms with Crippen LogP contribution in [0.15, 0.2) is 42.6 Å². The van der Waals surface area contributed by atoms with Gasteiger partial charge in [0.1, 0.15) is 17.3 Å². The number of hydrogen-bond donors (Lipinski definition) is 1. The largest absolute Gasteiger partial charge is 0.455 e. The molecule has 0 spiro atoms. The lowest BCUT2D eigenvalue weighted by Crippen LogP contribution is -2.01. The lowest BCUT2D eigenvalue weighted by atomic mass is 10.3. The molecule has 0 saturated carbocycles. The lowest BCUT2D eigenvalue weighted by Gasteiger charge is -2.08. The molecule has 4 heteroatoms. The zero-order valence-corrected chi connectivity index (χ0v) is 8.56. The molecule has 0 atom stereocenters. The number of pyridine rings is 1. The van der Waals surface area contributed by atoms with Gasteiger partial charge < -0.3 is 10.5 Å². The first-order chi connectivity index (χ1) is 7.79. The first kappa shape index (κ1) is 10.6. The Morgan fingerprint density at radius 1 is 1.25 bits per heavy atom. The summed E-state index contributed by atoms with van der Waals surface area (Å²) in [6, 6.07) is 9.43. The Balaban J connectivity index is 2.26. The molecule has 0 amide bonds. The van der Waals surface area contributed by atoms with Gasteiger partial charge in [-0.3, -0.25) is 4.98 Å². The normalized spacial score (nSPS) is 10.1. The van der Waals surface area contributed by atoms with Crippen LogP contribution in [0.5, 0.6) is 11.5 Å². The van der Waals surface area contributed by atoms with E-state index in [9.17, 15) is 4.39 Å². The molecule has 0 radical (unpaired) electrons. The van der Waals surface area contributed by atoms with Gasteiger partial charge in [-0.15, -0.1) is 0 Å². The summed E-state index contributed by atoms with van der Waals surface area (Å²) in [4.78, 5) is 4.07. The van der Waals surface area contributed by atoms with E-state index in [1.807, 2.05) is 0 Å². The fourth-order valence-corrected chi connectivity index (χ4v) is 1.33. The maximum Gasteiger partial charge on any atom is 0.150 e. The minimum absolute atomic E-state index is 0.283. The molecule has 0 saturated heterocycles. The quantitative estimate of drug-likeness (QED) is 0.860. The summed E-state index contributed by atoms with van der Waals surface area (Å²) in [6.45, 7) is 0.283. The molecule has 1 heterocycles. The molecule has 1 aromatic carbocycles. The van der Waals surface area contributed by atoms with Gasteiger partial charge >= 0.3 is 0 Å². The van der Waals surface area contributed by atoms with E-state index >= 15 is 0 Å². The number of nitrogens with zero attached hydrogens (tertiary/aromatic N) is 1. The Morgan fingerprint density at radius 2 is 2.12 bits per heavy atom. The van der Waals surface area contributed by atoms with Gasteiger partial charge in [-0.2, -0.15) is 0 Å². The summed E-state index contributed by atoms with van der Waals surface area (Å²) in [5.41, 5.74) is 6.16. The van der Waals surface area contributed by atoms with Crippen molar-refractivity contribution in [1.29, 1.82) is 0 Å². The van der Waals surface area contributed by atoms with Crippen molar-refractivity contribution in [1.82, 2.24) is 4.98 Å². The van der Waals surface area contributed by atoms with Gasteiger partial charge in [0.25, 0.3) is 0 Å². The standard InChI is InChI=1S/C12H11FN2O/c13-9-3-1-4-10(7-9)16-12-5-2-6-15-11(12)8-14/h1-7H,8,14H2. The third-order valence-electron chi connectivity index (χ3n) is 2.07. The van der Waals surface area contributed by atoms with Crippen molar-refractivity contribution in [3.05, 3.63) is 54.1 Å². The minimum Gasteiger partial charge on any atom is -0.455 e. The first-order valence-corrected chi connectivity index (χ1v) is 4.87. The third kappa shape index (κ3) is 2.35. The molecule has 0 aliphatic heterocycles. The van der Waals surface area contributed by atoms with E-state index in [2.05, 4.69) is 4.98 Å². The van der Waals surface area contributed by atoms with Crippen LogP contribution in [0.1, 0.15) is 5.69 Å². The van der Waals surface area contributed by atoms with E-state index < -0.39 is 0 Å². The number of rotatable bonds is 3. The Hall–Kier alpha value is -1.94. The van der Waals surface area contributed by atoms with Crippen LogP contribution in [0.2, 0.25) is 0 Å². The highest BCUT2D eigenvalue weighted by atomic mass is 19.1. The minimum atomic E-state index is -0.337. The van der Waals surface area contributed by atoms with E-state index in [0.717, 1.165) is 0 Å². The molecule has 0 aliphatic rings. The maximum absolute atomic E-state index is 12.9. The van der Waals surface area contributed by atoms with Crippen molar-refractivity contribution < 1.29 is 9.13 Å². The Morgan fingerprint density at radius 3 is 2.88 bits per heavy atom. The number of ether oxygens (including phenoxy) is 1. The highest BCUT2D eigenvalue weighted by Gasteiger charge is 2.04. The second-order valence-corrected chi connectivity index (χ2v) is 3.21. The molecule has 0 bridgehead atoms. The van der Waals surface area contributed by atoms with Gasteiger partial charge in [-0.1, -0.05) is 6.07 Å². The van der Waals surface area contributed by atoms with Crippen LogP contribution in [0, 0.1) is 5.82 Å². The summed E-state index contributed by atoms with van der Waals surface area (Å²) in [7, 11) is 0. The highest BCUT2D eigenvalue weighted by molar-refractivity contribution is 5.33. The van der Waals surface area contributed by atoms with Crippen molar-refractivity contribution in [3.8, 4) is 11.5 Å². The summed E-state index contributed by atoms with van der Waals surface area (Å²) < 4.78 is 18.4. The van der Waals surface area contributed by atoms with Crippen molar-refractivity contribution in [3.63, 3.8) is 0 Å². The molecule has 2 N–H and O–H groups in total. The molecule has 0 fully saturated rings. The predicted molar refractivity (Wildman–Crippen MR) is 58.6 cm³/mol. The van der Waals surface area contributed by atoms with Crippen molar-refractivity contribution in [2.45, 2.75) is 6.54 Å². The van der Waals surface area contributed by atoms with Gasteiger partial charge in [0, 0.05) is 18.8 Å². The number of aromatic nitrogens is 1. The SMILES string of the molecule is NCc1ncccc1Oc1cccc(F)c1. The summed E-state index contributed by atoms with van der Waals surface area (Å²) in [6.07, 6.45) is 1.64. The third-order valence-corrected chi connectivity index (χ3v) is 2.07. The zero-order valence-electron chi connectivity index (χ0n) is 8.56. The average Bonchev–Trinajstić information content (AvgIpc) is 2.30. The molecule has 0 aliphatic carbocycles. The topological polar surface area (TPSA) is 48.1 Å². The molecule has 0 unspecified atom stereocenters. The smallest absolute Gasteiger partial charge is 0.150 e. The fourth-order valence-electron chi connectivity index (χ4n) is 1.33. The number of benzene rings is 1. The molecule has 82 valence electrons. The van der Waals surface area contributed by atoms with Gasteiger partial charge in [-0.25, -0.2) is 4.39 Å². The lowest BCUT2D eigenvalue weighted by molar-refractivity contribution is 0.467. The van der Waals surface area contributed by atoms with Gasteiger partial charge in [0.15, 0.2) is 0 Å². The summed E-state index contributed by atoms with van der Waals surface area (Å²) in [5.74, 6) is 0.647. The molecule has 2 aromatic rings. The number of halogens is 1. The van der Waals surface area contributed by atoms with E-state index in [1.54, 1.807) is 30.5 Å². The zero-order chi connectivity index (χ0) is 11.4. The Labute approximate surface area is 92.7 Å². The van der Waals surface area contributed by atoms with E-state index in [1.165, 1.54) is 12.1 Å². The maximum atomic E-state index is 12.9. The van der Waals surface area contributed by atoms with Crippen LogP contribution in [0.4, 0.5) is 4.39 Å². The summed E-state index contributed by atoms with van der Waals surface area (Å²) >= 11 is 0. The van der Waals surface area contributed by atoms with Gasteiger partial charge in [0.05, 0.1) is 5.69 Å². The van der Waals surface area contributed by atoms with Crippen LogP contribution >= 0.6 is 0 Å². The monoisotopic (exact) mass is 218 g/mol. The molecule has 1 aromatic heterocycles. The van der Waals surface area contributed by atoms with Crippen LogP contribution < -0.4 is 10.5 Å². The molecule has 16 heavy (non-hydrogen) atoms. The molecular formula is C12H11FN2O. The van der Waals surface area contributed by atoms with E-state index in [-0.39, 0.29) is 12.4 Å². The van der Waals surface area contributed by atoms with E-state index in [0.29, 0.717) is 17.2 Å². The first-order valence-electron chi connectivity index (χ1n) is 4.87. The van der Waals surface area contributed by atoms with Crippen LogP contribution in [-0.4, -0.2) is 4.98 Å². The van der Waals surface area contributed by atoms with Crippen LogP contribution in [0.3, 0.4) is 0 Å². The number of nitrogens with two attached hydrogens (primary N) is 1. The van der Waals surface area contributed by atoms with Crippen molar-refractivity contribution in [2.75, 3.05) is 0 Å². The van der Waals surface area contributed by atoms with Gasteiger partial charge in [-0.05, 0) is 24.3 Å². The van der Waals surface area contributed by atoms with E-state index in [4.69, 9.17) is 10.5 Å².